The third-order valence-corrected chi connectivity index (χ3v) is 4.60. The molecule has 0 saturated carbocycles. The zero-order valence-corrected chi connectivity index (χ0v) is 12.6. The fraction of sp³-hybridized carbons (Fsp3) is 0.818. The first-order chi connectivity index (χ1) is 7.21. The average molecular weight is 244 g/mol. The standard InChI is InChI=1S/C11H20O4Si/c1-5-7(16)11(15-10(2,3)4)6-8(12)14-9(11)13/h7H,5-6H2,1-4,16H3. The van der Waals surface area contributed by atoms with Crippen LogP contribution in [0.2, 0.25) is 5.54 Å². The maximum atomic E-state index is 11.8. The molecule has 0 aromatic rings. The van der Waals surface area contributed by atoms with Crippen molar-refractivity contribution in [2.24, 2.45) is 0 Å². The highest BCUT2D eigenvalue weighted by molar-refractivity contribution is 6.17. The monoisotopic (exact) mass is 244 g/mol. The lowest BCUT2D eigenvalue weighted by Crippen LogP contribution is -2.47. The molecule has 0 spiro atoms. The van der Waals surface area contributed by atoms with Crippen LogP contribution in [0.15, 0.2) is 0 Å². The van der Waals surface area contributed by atoms with E-state index in [1.165, 1.54) is 0 Å². The van der Waals surface area contributed by atoms with Crippen LogP contribution in [0.1, 0.15) is 40.5 Å². The lowest BCUT2D eigenvalue weighted by molar-refractivity contribution is -0.176. The molecule has 5 heteroatoms. The van der Waals surface area contributed by atoms with Crippen LogP contribution >= 0.6 is 0 Å². The third-order valence-electron chi connectivity index (χ3n) is 2.86. The second-order valence-corrected chi connectivity index (χ2v) is 6.75. The fourth-order valence-corrected chi connectivity index (χ4v) is 2.50. The van der Waals surface area contributed by atoms with Crippen molar-refractivity contribution in [1.29, 1.82) is 0 Å². The number of esters is 2. The van der Waals surface area contributed by atoms with E-state index in [0.717, 1.165) is 16.7 Å². The van der Waals surface area contributed by atoms with Gasteiger partial charge in [0.25, 0.3) is 0 Å². The largest absolute Gasteiger partial charge is 0.391 e. The van der Waals surface area contributed by atoms with Crippen LogP contribution in [0, 0.1) is 0 Å². The van der Waals surface area contributed by atoms with Gasteiger partial charge in [0.1, 0.15) is 0 Å². The Morgan fingerprint density at radius 1 is 1.50 bits per heavy atom. The van der Waals surface area contributed by atoms with E-state index in [2.05, 4.69) is 4.74 Å². The lowest BCUT2D eigenvalue weighted by Gasteiger charge is -2.36. The first-order valence-corrected chi connectivity index (χ1v) is 6.82. The maximum Gasteiger partial charge on any atom is 0.346 e. The third kappa shape index (κ3) is 2.52. The summed E-state index contributed by atoms with van der Waals surface area (Å²) in [5.74, 6) is -0.974. The lowest BCUT2D eigenvalue weighted by atomic mass is 9.93. The van der Waals surface area contributed by atoms with E-state index in [1.54, 1.807) is 0 Å². The molecule has 1 rings (SSSR count). The highest BCUT2D eigenvalue weighted by Crippen LogP contribution is 2.40. The molecular formula is C11H20O4Si. The van der Waals surface area contributed by atoms with Crippen LogP contribution in [-0.4, -0.2) is 33.4 Å². The summed E-state index contributed by atoms with van der Waals surface area (Å²) in [5.41, 5.74) is -1.39. The van der Waals surface area contributed by atoms with Crippen molar-refractivity contribution >= 4 is 22.2 Å². The number of hydrogen-bond donors (Lipinski definition) is 0. The van der Waals surface area contributed by atoms with Gasteiger partial charge in [0.05, 0.1) is 12.0 Å². The second kappa shape index (κ2) is 4.29. The summed E-state index contributed by atoms with van der Waals surface area (Å²) < 4.78 is 10.5. The Balaban J connectivity index is 3.03. The van der Waals surface area contributed by atoms with Crippen molar-refractivity contribution in [2.75, 3.05) is 0 Å². The van der Waals surface area contributed by atoms with E-state index in [9.17, 15) is 9.59 Å². The van der Waals surface area contributed by atoms with Gasteiger partial charge in [0.2, 0.25) is 0 Å². The molecule has 0 amide bonds. The Morgan fingerprint density at radius 2 is 2.06 bits per heavy atom. The molecule has 0 aromatic heterocycles. The van der Waals surface area contributed by atoms with Crippen molar-refractivity contribution in [3.05, 3.63) is 0 Å². The smallest absolute Gasteiger partial charge is 0.346 e. The molecule has 0 aliphatic carbocycles. The fourth-order valence-electron chi connectivity index (χ4n) is 1.94. The Bertz CT molecular complexity index is 308. The number of hydrogen-bond acceptors (Lipinski definition) is 4. The Labute approximate surface area is 99.1 Å². The molecule has 1 saturated heterocycles. The second-order valence-electron chi connectivity index (χ2n) is 5.35. The van der Waals surface area contributed by atoms with Crippen LogP contribution in [-0.2, 0) is 19.1 Å². The molecule has 4 nitrogen and oxygen atoms in total. The molecule has 0 bridgehead atoms. The molecule has 0 radical (unpaired) electrons. The normalized spacial score (nSPS) is 28.2. The van der Waals surface area contributed by atoms with Crippen molar-refractivity contribution in [3.8, 4) is 0 Å². The van der Waals surface area contributed by atoms with Crippen LogP contribution in [0.3, 0.4) is 0 Å². The molecule has 92 valence electrons. The summed E-state index contributed by atoms with van der Waals surface area (Å²) in [4.78, 5) is 23.1. The van der Waals surface area contributed by atoms with Crippen molar-refractivity contribution < 1.29 is 19.1 Å². The minimum absolute atomic E-state index is 0.0606. The molecule has 1 aliphatic rings. The van der Waals surface area contributed by atoms with Crippen LogP contribution in [0.5, 0.6) is 0 Å². The van der Waals surface area contributed by atoms with Gasteiger partial charge in [-0.3, -0.25) is 4.79 Å². The summed E-state index contributed by atoms with van der Waals surface area (Å²) >= 11 is 0. The number of rotatable bonds is 3. The summed E-state index contributed by atoms with van der Waals surface area (Å²) in [6.07, 6.45) is 0.885. The Kier molecular flexibility index (Phi) is 3.59. The van der Waals surface area contributed by atoms with Crippen molar-refractivity contribution in [2.45, 2.75) is 57.3 Å². The van der Waals surface area contributed by atoms with E-state index in [0.29, 0.717) is 0 Å². The van der Waals surface area contributed by atoms with E-state index in [1.807, 2.05) is 27.7 Å². The quantitative estimate of drug-likeness (QED) is 0.414. The molecule has 2 unspecified atom stereocenters. The Hall–Kier alpha value is -0.683. The molecule has 1 aliphatic heterocycles. The predicted molar refractivity (Wildman–Crippen MR) is 63.3 cm³/mol. The SMILES string of the molecule is CCC([SiH3])C1(OC(C)(C)C)CC(=O)OC1=O. The molecule has 2 atom stereocenters. The van der Waals surface area contributed by atoms with Gasteiger partial charge in [-0.05, 0) is 26.3 Å². The van der Waals surface area contributed by atoms with Crippen LogP contribution in [0.25, 0.3) is 0 Å². The van der Waals surface area contributed by atoms with Gasteiger partial charge < -0.3 is 9.47 Å². The van der Waals surface area contributed by atoms with Gasteiger partial charge >= 0.3 is 11.9 Å². The highest BCUT2D eigenvalue weighted by atomic mass is 28.1. The van der Waals surface area contributed by atoms with Gasteiger partial charge in [0.15, 0.2) is 5.60 Å². The highest BCUT2D eigenvalue weighted by Gasteiger charge is 2.55. The minimum atomic E-state index is -1.03. The van der Waals surface area contributed by atoms with Gasteiger partial charge in [-0.25, -0.2) is 4.79 Å². The van der Waals surface area contributed by atoms with Crippen molar-refractivity contribution in [1.82, 2.24) is 0 Å². The number of carbonyl (C=O) groups is 2. The topological polar surface area (TPSA) is 52.6 Å². The number of cyclic esters (lactones) is 2. The first-order valence-electron chi connectivity index (χ1n) is 5.66. The molecule has 16 heavy (non-hydrogen) atoms. The zero-order valence-electron chi connectivity index (χ0n) is 10.6. The number of carbonyl (C=O) groups excluding carboxylic acids is 2. The summed E-state index contributed by atoms with van der Waals surface area (Å²) in [6, 6.07) is 0. The van der Waals surface area contributed by atoms with Gasteiger partial charge in [-0.2, -0.15) is 0 Å². The van der Waals surface area contributed by atoms with Crippen LogP contribution in [0.4, 0.5) is 0 Å². The van der Waals surface area contributed by atoms with Crippen molar-refractivity contribution in [3.63, 3.8) is 0 Å². The summed E-state index contributed by atoms with van der Waals surface area (Å²) in [6.45, 7) is 7.65. The summed E-state index contributed by atoms with van der Waals surface area (Å²) in [5, 5.41) is 0. The predicted octanol–water partition coefficient (Wildman–Crippen LogP) is 0.578. The average Bonchev–Trinajstić information content (AvgIpc) is 2.38. The van der Waals surface area contributed by atoms with Gasteiger partial charge in [-0.1, -0.05) is 13.3 Å². The maximum absolute atomic E-state index is 11.8. The molecule has 1 fully saturated rings. The molecule has 0 aromatic carbocycles. The van der Waals surface area contributed by atoms with E-state index in [-0.39, 0.29) is 12.0 Å². The molecular weight excluding hydrogens is 224 g/mol. The van der Waals surface area contributed by atoms with E-state index >= 15 is 0 Å². The Morgan fingerprint density at radius 3 is 2.38 bits per heavy atom. The zero-order chi connectivity index (χ0) is 12.6. The molecule has 1 heterocycles. The van der Waals surface area contributed by atoms with E-state index < -0.39 is 23.1 Å². The van der Waals surface area contributed by atoms with Crippen LogP contribution < -0.4 is 0 Å². The van der Waals surface area contributed by atoms with Gasteiger partial charge in [-0.15, -0.1) is 0 Å². The summed E-state index contributed by atoms with van der Waals surface area (Å²) in [7, 11) is 0.801. The first kappa shape index (κ1) is 13.4. The molecule has 0 N–H and O–H groups in total. The number of ether oxygens (including phenoxy) is 2. The van der Waals surface area contributed by atoms with Gasteiger partial charge in [0, 0.05) is 10.2 Å². The minimum Gasteiger partial charge on any atom is -0.391 e. The van der Waals surface area contributed by atoms with E-state index in [4.69, 9.17) is 4.74 Å².